The topological polar surface area (TPSA) is 61.5 Å². The lowest BCUT2D eigenvalue weighted by molar-refractivity contribution is 0.285. The molecular weight excluding hydrogens is 177 g/mol. The zero-order valence-electron chi connectivity index (χ0n) is 7.90. The first-order valence-electron chi connectivity index (χ1n) is 3.64. The van der Waals surface area contributed by atoms with Gasteiger partial charge in [0.25, 0.3) is 0 Å². The molecule has 0 aliphatic heterocycles. The summed E-state index contributed by atoms with van der Waals surface area (Å²) in [4.78, 5) is 0. The van der Waals surface area contributed by atoms with E-state index in [2.05, 4.69) is 9.05 Å². The lowest BCUT2D eigenvalue weighted by Crippen LogP contribution is -2.05. The Hall–Kier alpha value is -0.310. The Morgan fingerprint density at radius 3 is 2.08 bits per heavy atom. The van der Waals surface area contributed by atoms with Crippen LogP contribution in [0.15, 0.2) is 11.5 Å². The molecule has 4 nitrogen and oxygen atoms in total. The maximum atomic E-state index is 11.5. The van der Waals surface area contributed by atoms with E-state index < -0.39 is 7.60 Å². The maximum absolute atomic E-state index is 11.5. The highest BCUT2D eigenvalue weighted by molar-refractivity contribution is 7.57. The average molecular weight is 193 g/mol. The van der Waals surface area contributed by atoms with Crippen molar-refractivity contribution in [1.29, 1.82) is 0 Å². The first kappa shape index (κ1) is 11.7. The normalized spacial score (nSPS) is 13.9. The molecule has 0 saturated heterocycles. The smallest absolute Gasteiger partial charge is 0.355 e. The number of allylic oxidation sites excluding steroid dienone is 1. The summed E-state index contributed by atoms with van der Waals surface area (Å²) in [6.45, 7) is 3.81. The Labute approximate surface area is 73.3 Å². The molecule has 0 saturated carbocycles. The van der Waals surface area contributed by atoms with E-state index in [0.29, 0.717) is 5.70 Å². The van der Waals surface area contributed by atoms with Crippen LogP contribution in [0.25, 0.3) is 0 Å². The fourth-order valence-electron chi connectivity index (χ4n) is 0.512. The molecule has 0 aromatic carbocycles. The molecule has 2 N–H and O–H groups in total. The van der Waals surface area contributed by atoms with Crippen LogP contribution in [0.5, 0.6) is 0 Å². The van der Waals surface area contributed by atoms with E-state index in [1.165, 1.54) is 20.0 Å². The Morgan fingerprint density at radius 1 is 1.42 bits per heavy atom. The molecule has 0 heterocycles. The van der Waals surface area contributed by atoms with Crippen LogP contribution in [-0.2, 0) is 13.6 Å². The molecule has 0 amide bonds. The Morgan fingerprint density at radius 2 is 1.83 bits per heavy atom. The summed E-state index contributed by atoms with van der Waals surface area (Å²) < 4.78 is 20.8. The van der Waals surface area contributed by atoms with Gasteiger partial charge in [-0.2, -0.15) is 0 Å². The van der Waals surface area contributed by atoms with Crippen LogP contribution in [0.2, 0.25) is 0 Å². The summed E-state index contributed by atoms with van der Waals surface area (Å²) in [7, 11) is -0.423. The van der Waals surface area contributed by atoms with E-state index in [9.17, 15) is 4.57 Å². The van der Waals surface area contributed by atoms with Gasteiger partial charge in [-0.15, -0.1) is 0 Å². The monoisotopic (exact) mass is 193 g/mol. The van der Waals surface area contributed by atoms with Crippen molar-refractivity contribution < 1.29 is 13.6 Å². The van der Waals surface area contributed by atoms with Crippen LogP contribution in [0.1, 0.15) is 13.8 Å². The van der Waals surface area contributed by atoms with Crippen molar-refractivity contribution in [3.8, 4) is 0 Å². The van der Waals surface area contributed by atoms with Crippen LogP contribution >= 0.6 is 7.60 Å². The Kier molecular flexibility index (Phi) is 4.53. The van der Waals surface area contributed by atoms with Crippen molar-refractivity contribution >= 4 is 7.60 Å². The first-order chi connectivity index (χ1) is 5.45. The van der Waals surface area contributed by atoms with Crippen LogP contribution < -0.4 is 5.73 Å². The van der Waals surface area contributed by atoms with Gasteiger partial charge in [-0.25, -0.2) is 0 Å². The van der Waals surface area contributed by atoms with Crippen LogP contribution in [0.4, 0.5) is 0 Å². The van der Waals surface area contributed by atoms with Gasteiger partial charge in [-0.1, -0.05) is 13.8 Å². The zero-order chi connectivity index (χ0) is 9.78. The molecule has 0 fully saturated rings. The fourth-order valence-corrected chi connectivity index (χ4v) is 1.53. The Balaban J connectivity index is 4.58. The summed E-state index contributed by atoms with van der Waals surface area (Å²) in [6.07, 6.45) is 0. The van der Waals surface area contributed by atoms with Crippen LogP contribution in [0.3, 0.4) is 0 Å². The highest BCUT2D eigenvalue weighted by atomic mass is 31.2. The highest BCUT2D eigenvalue weighted by Gasteiger charge is 2.18. The first-order valence-corrected chi connectivity index (χ1v) is 5.25. The van der Waals surface area contributed by atoms with E-state index in [4.69, 9.17) is 5.73 Å². The van der Waals surface area contributed by atoms with Crippen molar-refractivity contribution in [2.75, 3.05) is 14.2 Å². The van der Waals surface area contributed by atoms with E-state index in [-0.39, 0.29) is 5.92 Å². The maximum Gasteiger partial charge on any atom is 0.355 e. The molecule has 0 aromatic heterocycles. The van der Waals surface area contributed by atoms with Gasteiger partial charge in [-0.05, 0) is 5.92 Å². The molecule has 0 aliphatic rings. The van der Waals surface area contributed by atoms with Crippen LogP contribution in [-0.4, -0.2) is 14.2 Å². The molecule has 0 unspecified atom stereocenters. The fraction of sp³-hybridized carbons (Fsp3) is 0.714. The lowest BCUT2D eigenvalue weighted by Gasteiger charge is -2.11. The van der Waals surface area contributed by atoms with Gasteiger partial charge >= 0.3 is 7.60 Å². The van der Waals surface area contributed by atoms with E-state index in [1.54, 1.807) is 0 Å². The molecule has 0 bridgehead atoms. The predicted octanol–water partition coefficient (Wildman–Crippen LogP) is 1.93. The van der Waals surface area contributed by atoms with Crippen molar-refractivity contribution in [2.45, 2.75) is 13.8 Å². The number of hydrogen-bond acceptors (Lipinski definition) is 4. The van der Waals surface area contributed by atoms with Crippen molar-refractivity contribution in [1.82, 2.24) is 0 Å². The molecular formula is C7H16NO3P. The predicted molar refractivity (Wildman–Crippen MR) is 48.7 cm³/mol. The molecule has 0 rings (SSSR count). The minimum absolute atomic E-state index is 0.142. The van der Waals surface area contributed by atoms with Gasteiger partial charge in [0.05, 0.1) is 0 Å². The molecule has 12 heavy (non-hydrogen) atoms. The summed E-state index contributed by atoms with van der Waals surface area (Å²) in [5.41, 5.74) is 6.10. The zero-order valence-corrected chi connectivity index (χ0v) is 8.80. The summed E-state index contributed by atoms with van der Waals surface area (Å²) >= 11 is 0. The minimum Gasteiger partial charge on any atom is -0.402 e. The minimum atomic E-state index is -3.08. The molecule has 0 spiro atoms. The molecule has 0 aromatic rings. The number of nitrogens with two attached hydrogens (primary N) is 1. The quantitative estimate of drug-likeness (QED) is 0.693. The average Bonchev–Trinajstić information content (AvgIpc) is 2.04. The molecule has 0 aliphatic carbocycles. The van der Waals surface area contributed by atoms with Crippen molar-refractivity contribution in [3.05, 3.63) is 11.5 Å². The summed E-state index contributed by atoms with van der Waals surface area (Å²) in [5, 5.41) is 0. The van der Waals surface area contributed by atoms with Crippen molar-refractivity contribution in [2.24, 2.45) is 11.7 Å². The Bertz CT molecular complexity index is 205. The highest BCUT2D eigenvalue weighted by Crippen LogP contribution is 2.48. The lowest BCUT2D eigenvalue weighted by atomic mass is 10.2. The van der Waals surface area contributed by atoms with Crippen LogP contribution in [0, 0.1) is 5.92 Å². The SMILES string of the molecule is COP(=O)(/C=C(\N)C(C)C)OC. The van der Waals surface area contributed by atoms with Crippen molar-refractivity contribution in [3.63, 3.8) is 0 Å². The van der Waals surface area contributed by atoms with Gasteiger partial charge < -0.3 is 14.8 Å². The molecule has 5 heteroatoms. The van der Waals surface area contributed by atoms with Gasteiger partial charge in [0.15, 0.2) is 0 Å². The largest absolute Gasteiger partial charge is 0.402 e. The van der Waals surface area contributed by atoms with Gasteiger partial charge in [0.1, 0.15) is 0 Å². The second-order valence-electron chi connectivity index (χ2n) is 2.69. The second-order valence-corrected chi connectivity index (χ2v) is 4.76. The summed E-state index contributed by atoms with van der Waals surface area (Å²) in [5.74, 6) is 1.49. The van der Waals surface area contributed by atoms with Gasteiger partial charge in [0, 0.05) is 25.7 Å². The van der Waals surface area contributed by atoms with Gasteiger partial charge in [0.2, 0.25) is 0 Å². The third kappa shape index (κ3) is 3.39. The molecule has 72 valence electrons. The van der Waals surface area contributed by atoms with E-state index >= 15 is 0 Å². The van der Waals surface area contributed by atoms with E-state index in [0.717, 1.165) is 0 Å². The standard InChI is InChI=1S/C7H16NO3P/c1-6(2)7(8)5-12(9,10-3)11-4/h5-6H,8H2,1-4H3/b7-5-. The number of hydrogen-bond donors (Lipinski definition) is 1. The van der Waals surface area contributed by atoms with Gasteiger partial charge in [-0.3, -0.25) is 4.57 Å². The summed E-state index contributed by atoms with van der Waals surface area (Å²) in [6, 6.07) is 0. The number of rotatable bonds is 4. The molecule has 0 radical (unpaired) electrons. The van der Waals surface area contributed by atoms with E-state index in [1.807, 2.05) is 13.8 Å². The molecule has 0 atom stereocenters. The second kappa shape index (κ2) is 4.65. The third-order valence-corrected chi connectivity index (χ3v) is 3.12. The third-order valence-electron chi connectivity index (χ3n) is 1.48.